The number of nitrogens with zero attached hydrogens (tertiary/aromatic N) is 3. The highest BCUT2D eigenvalue weighted by molar-refractivity contribution is 9.10. The average molecular weight is 470 g/mol. The van der Waals surface area contributed by atoms with Crippen molar-refractivity contribution in [3.63, 3.8) is 0 Å². The van der Waals surface area contributed by atoms with Crippen LogP contribution < -0.4 is 0 Å². The summed E-state index contributed by atoms with van der Waals surface area (Å²) in [5, 5.41) is 4.80. The second-order valence-corrected chi connectivity index (χ2v) is 8.74. The lowest BCUT2D eigenvalue weighted by Crippen LogP contribution is -2.27. The van der Waals surface area contributed by atoms with Crippen LogP contribution in [0.4, 0.5) is 0 Å². The van der Waals surface area contributed by atoms with Crippen LogP contribution in [0.5, 0.6) is 0 Å². The van der Waals surface area contributed by atoms with E-state index in [4.69, 9.17) is 17.3 Å². The van der Waals surface area contributed by atoms with Crippen molar-refractivity contribution in [2.24, 2.45) is 0 Å². The predicted molar refractivity (Wildman–Crippen MR) is 122 cm³/mol. The number of amides is 1. The molecule has 0 saturated carbocycles. The van der Waals surface area contributed by atoms with Crippen molar-refractivity contribution in [1.29, 1.82) is 0 Å². The molecule has 0 bridgehead atoms. The Morgan fingerprint density at radius 2 is 1.86 bits per heavy atom. The molecule has 1 amide bonds. The highest BCUT2D eigenvalue weighted by Crippen LogP contribution is 2.34. The molecule has 0 unspecified atom stereocenters. The largest absolute Gasteiger partial charge is 0.293 e. The molecule has 28 heavy (non-hydrogen) atoms. The predicted octanol–water partition coefficient (Wildman–Crippen LogP) is 5.52. The van der Waals surface area contributed by atoms with Gasteiger partial charge in [-0.15, -0.1) is 0 Å². The van der Waals surface area contributed by atoms with E-state index in [0.717, 1.165) is 27.0 Å². The second-order valence-electron chi connectivity index (χ2n) is 6.15. The minimum absolute atomic E-state index is 0.0493. The van der Waals surface area contributed by atoms with Crippen LogP contribution in [0.2, 0.25) is 0 Å². The normalized spacial score (nSPS) is 15.6. The number of rotatable bonds is 4. The van der Waals surface area contributed by atoms with E-state index in [2.05, 4.69) is 15.9 Å². The van der Waals surface area contributed by atoms with Gasteiger partial charge in [-0.1, -0.05) is 70.2 Å². The molecule has 7 heteroatoms. The Kier molecular flexibility index (Phi) is 5.48. The van der Waals surface area contributed by atoms with Gasteiger partial charge >= 0.3 is 0 Å². The summed E-state index contributed by atoms with van der Waals surface area (Å²) in [5.74, 6) is -0.0493. The van der Waals surface area contributed by atoms with Crippen molar-refractivity contribution >= 4 is 56.2 Å². The van der Waals surface area contributed by atoms with Gasteiger partial charge in [0.1, 0.15) is 4.32 Å². The number of carbonyl (C=O) groups is 1. The summed E-state index contributed by atoms with van der Waals surface area (Å²) in [4.78, 5) is 14.9. The highest BCUT2D eigenvalue weighted by atomic mass is 79.9. The summed E-state index contributed by atoms with van der Waals surface area (Å²) < 4.78 is 3.44. The fraction of sp³-hybridized carbons (Fsp3) is 0.0952. The van der Waals surface area contributed by atoms with E-state index in [1.165, 1.54) is 11.8 Å². The molecule has 4 nitrogen and oxygen atoms in total. The van der Waals surface area contributed by atoms with Crippen molar-refractivity contribution in [2.75, 3.05) is 6.54 Å². The van der Waals surface area contributed by atoms with E-state index in [0.29, 0.717) is 15.8 Å². The fourth-order valence-electron chi connectivity index (χ4n) is 2.95. The van der Waals surface area contributed by atoms with Crippen LogP contribution in [0.25, 0.3) is 23.0 Å². The van der Waals surface area contributed by atoms with Crippen LogP contribution >= 0.6 is 39.9 Å². The van der Waals surface area contributed by atoms with Gasteiger partial charge in [-0.05, 0) is 37.3 Å². The number of hydrogen-bond acceptors (Lipinski definition) is 4. The second kappa shape index (κ2) is 8.03. The molecule has 1 aliphatic rings. The Morgan fingerprint density at radius 1 is 1.14 bits per heavy atom. The third-order valence-corrected chi connectivity index (χ3v) is 6.26. The number of thiocarbonyl (C=S) groups is 1. The molecule has 1 saturated heterocycles. The molecule has 2 aromatic carbocycles. The number of aromatic nitrogens is 2. The van der Waals surface area contributed by atoms with Crippen LogP contribution in [-0.2, 0) is 4.79 Å². The lowest BCUT2D eigenvalue weighted by molar-refractivity contribution is -0.121. The Labute approximate surface area is 181 Å². The molecule has 0 aliphatic carbocycles. The summed E-state index contributed by atoms with van der Waals surface area (Å²) >= 11 is 10.1. The Hall–Kier alpha value is -2.22. The molecular formula is C21H16BrN3OS2. The topological polar surface area (TPSA) is 38.1 Å². The Balaban J connectivity index is 1.82. The molecule has 0 N–H and O–H groups in total. The van der Waals surface area contributed by atoms with Crippen molar-refractivity contribution in [1.82, 2.24) is 14.7 Å². The first kappa shape index (κ1) is 19.1. The SMILES string of the molecule is CCN1C(=O)/C(=C\c2cn(-c3ccccc3)nc2-c2ccc(Br)cc2)SC1=S. The zero-order chi connectivity index (χ0) is 19.7. The van der Waals surface area contributed by atoms with Crippen LogP contribution in [0, 0.1) is 0 Å². The summed E-state index contributed by atoms with van der Waals surface area (Å²) in [6, 6.07) is 17.9. The van der Waals surface area contributed by atoms with Crippen molar-refractivity contribution in [2.45, 2.75) is 6.92 Å². The summed E-state index contributed by atoms with van der Waals surface area (Å²) in [6.45, 7) is 2.50. The first-order valence-corrected chi connectivity index (χ1v) is 10.7. The molecule has 140 valence electrons. The maximum absolute atomic E-state index is 12.6. The average Bonchev–Trinajstić information content (AvgIpc) is 3.24. The Bertz CT molecular complexity index is 1070. The molecule has 1 fully saturated rings. The van der Waals surface area contributed by atoms with Crippen molar-refractivity contribution in [3.8, 4) is 16.9 Å². The van der Waals surface area contributed by atoms with Crippen molar-refractivity contribution < 1.29 is 4.79 Å². The zero-order valence-corrected chi connectivity index (χ0v) is 18.2. The lowest BCUT2D eigenvalue weighted by Gasteiger charge is -2.09. The summed E-state index contributed by atoms with van der Waals surface area (Å²) in [6.07, 6.45) is 3.84. The van der Waals surface area contributed by atoms with Crippen molar-refractivity contribution in [3.05, 3.63) is 75.7 Å². The number of para-hydroxylation sites is 1. The van der Waals surface area contributed by atoms with E-state index in [1.807, 2.05) is 78.5 Å². The van der Waals surface area contributed by atoms with E-state index in [1.54, 1.807) is 4.90 Å². The number of thioether (sulfide) groups is 1. The number of benzene rings is 2. The molecule has 1 aromatic heterocycles. The monoisotopic (exact) mass is 469 g/mol. The van der Waals surface area contributed by atoms with Crippen LogP contribution in [-0.4, -0.2) is 31.5 Å². The number of carbonyl (C=O) groups excluding carboxylic acids is 1. The standard InChI is InChI=1S/C21H16BrN3OS2/c1-2-24-20(26)18(28-21(24)27)12-15-13-25(17-6-4-3-5-7-17)23-19(15)14-8-10-16(22)11-9-14/h3-13H,2H2,1H3/b18-12+. The Morgan fingerprint density at radius 3 is 2.50 bits per heavy atom. The smallest absolute Gasteiger partial charge is 0.266 e. The van der Waals surface area contributed by atoms with E-state index in [-0.39, 0.29) is 5.91 Å². The van der Waals surface area contributed by atoms with Gasteiger partial charge in [-0.3, -0.25) is 9.69 Å². The van der Waals surface area contributed by atoms with E-state index in [9.17, 15) is 4.79 Å². The molecule has 4 rings (SSSR count). The molecule has 1 aliphatic heterocycles. The molecular weight excluding hydrogens is 454 g/mol. The van der Waals surface area contributed by atoms with Crippen LogP contribution in [0.1, 0.15) is 12.5 Å². The van der Waals surface area contributed by atoms with Gasteiger partial charge in [0, 0.05) is 28.3 Å². The highest BCUT2D eigenvalue weighted by Gasteiger charge is 2.31. The molecule has 2 heterocycles. The van der Waals surface area contributed by atoms with Gasteiger partial charge in [0.25, 0.3) is 5.91 Å². The van der Waals surface area contributed by atoms with E-state index < -0.39 is 0 Å². The number of hydrogen-bond donors (Lipinski definition) is 0. The number of likely N-dealkylation sites (N-methyl/N-ethyl adjacent to an activating group) is 1. The minimum atomic E-state index is -0.0493. The van der Waals surface area contributed by atoms with Gasteiger partial charge in [0.2, 0.25) is 0 Å². The van der Waals surface area contributed by atoms with Gasteiger partial charge in [-0.25, -0.2) is 4.68 Å². The fourth-order valence-corrected chi connectivity index (χ4v) is 4.59. The van der Waals surface area contributed by atoms with Crippen LogP contribution in [0.3, 0.4) is 0 Å². The van der Waals surface area contributed by atoms with Gasteiger partial charge in [-0.2, -0.15) is 5.10 Å². The molecule has 0 radical (unpaired) electrons. The molecule has 0 spiro atoms. The lowest BCUT2D eigenvalue weighted by atomic mass is 10.1. The first-order chi connectivity index (χ1) is 13.6. The summed E-state index contributed by atoms with van der Waals surface area (Å²) in [5.41, 5.74) is 3.64. The third kappa shape index (κ3) is 3.70. The zero-order valence-electron chi connectivity index (χ0n) is 15.0. The van der Waals surface area contributed by atoms with E-state index >= 15 is 0 Å². The van der Waals surface area contributed by atoms with Gasteiger partial charge in [0.05, 0.1) is 16.3 Å². The molecule has 3 aromatic rings. The maximum Gasteiger partial charge on any atom is 0.266 e. The third-order valence-electron chi connectivity index (χ3n) is 4.36. The quantitative estimate of drug-likeness (QED) is 0.372. The first-order valence-electron chi connectivity index (χ1n) is 8.73. The van der Waals surface area contributed by atoms with Gasteiger partial charge < -0.3 is 0 Å². The molecule has 0 atom stereocenters. The van der Waals surface area contributed by atoms with Gasteiger partial charge in [0.15, 0.2) is 0 Å². The minimum Gasteiger partial charge on any atom is -0.293 e. The maximum atomic E-state index is 12.6. The van der Waals surface area contributed by atoms with Crippen LogP contribution in [0.15, 0.2) is 70.2 Å². The summed E-state index contributed by atoms with van der Waals surface area (Å²) in [7, 11) is 0. The number of halogens is 1.